The third kappa shape index (κ3) is 4.52. The number of nitrogens with two attached hydrogens (primary N) is 1. The fraction of sp³-hybridized carbons (Fsp3) is 0.800. The van der Waals surface area contributed by atoms with Gasteiger partial charge in [0.05, 0.1) is 0 Å². The molecule has 0 spiro atoms. The summed E-state index contributed by atoms with van der Waals surface area (Å²) < 4.78 is 0. The molecule has 0 radical (unpaired) electrons. The van der Waals surface area contributed by atoms with E-state index in [-0.39, 0.29) is 0 Å². The van der Waals surface area contributed by atoms with Gasteiger partial charge in [-0.1, -0.05) is 26.3 Å². The second-order valence-electron chi connectivity index (χ2n) is 3.15. The molecule has 1 unspecified atom stereocenters. The number of hydrogen-bond donors (Lipinski definition) is 1. The maximum absolute atomic E-state index is 5.63. The van der Waals surface area contributed by atoms with Crippen molar-refractivity contribution in [3.05, 3.63) is 12.7 Å². The highest BCUT2D eigenvalue weighted by molar-refractivity contribution is 4.74. The van der Waals surface area contributed by atoms with Crippen LogP contribution in [0.3, 0.4) is 0 Å². The van der Waals surface area contributed by atoms with Crippen LogP contribution >= 0.6 is 0 Å². The SMILES string of the molecule is C=CCN(CC)CC(CC)CN. The first-order chi connectivity index (χ1) is 5.78. The van der Waals surface area contributed by atoms with Gasteiger partial charge in [0.2, 0.25) is 0 Å². The molecule has 12 heavy (non-hydrogen) atoms. The third-order valence-corrected chi connectivity index (χ3v) is 2.26. The highest BCUT2D eigenvalue weighted by Gasteiger charge is 2.07. The van der Waals surface area contributed by atoms with Crippen LogP contribution in [0.2, 0.25) is 0 Å². The van der Waals surface area contributed by atoms with Crippen molar-refractivity contribution in [2.75, 3.05) is 26.2 Å². The quantitative estimate of drug-likeness (QED) is 0.586. The summed E-state index contributed by atoms with van der Waals surface area (Å²) in [5.74, 6) is 0.643. The van der Waals surface area contributed by atoms with E-state index in [0.29, 0.717) is 5.92 Å². The molecule has 0 heterocycles. The summed E-state index contributed by atoms with van der Waals surface area (Å²) >= 11 is 0. The van der Waals surface area contributed by atoms with Crippen LogP contribution in [-0.2, 0) is 0 Å². The maximum Gasteiger partial charge on any atom is 0.0160 e. The van der Waals surface area contributed by atoms with Gasteiger partial charge < -0.3 is 5.73 Å². The van der Waals surface area contributed by atoms with Crippen molar-refractivity contribution in [3.63, 3.8) is 0 Å². The van der Waals surface area contributed by atoms with Crippen LogP contribution in [0.25, 0.3) is 0 Å². The zero-order valence-electron chi connectivity index (χ0n) is 8.42. The number of hydrogen-bond acceptors (Lipinski definition) is 2. The molecule has 0 aromatic heterocycles. The highest BCUT2D eigenvalue weighted by Crippen LogP contribution is 2.03. The van der Waals surface area contributed by atoms with Crippen LogP contribution in [0.1, 0.15) is 20.3 Å². The van der Waals surface area contributed by atoms with Crippen molar-refractivity contribution in [3.8, 4) is 0 Å². The molecule has 72 valence electrons. The second kappa shape index (κ2) is 7.32. The first kappa shape index (κ1) is 11.7. The maximum atomic E-state index is 5.63. The Balaban J connectivity index is 3.73. The first-order valence-corrected chi connectivity index (χ1v) is 4.81. The van der Waals surface area contributed by atoms with Gasteiger partial charge in [-0.05, 0) is 19.0 Å². The summed E-state index contributed by atoms with van der Waals surface area (Å²) in [5.41, 5.74) is 5.63. The van der Waals surface area contributed by atoms with E-state index < -0.39 is 0 Å². The summed E-state index contributed by atoms with van der Waals surface area (Å²) in [7, 11) is 0. The standard InChI is InChI=1S/C10H22N2/c1-4-7-12(6-3)9-10(5-2)8-11/h4,10H,1,5-9,11H2,2-3H3. The molecule has 1 atom stereocenters. The van der Waals surface area contributed by atoms with E-state index in [1.54, 1.807) is 0 Å². The van der Waals surface area contributed by atoms with Gasteiger partial charge in [0.1, 0.15) is 0 Å². The predicted molar refractivity (Wildman–Crippen MR) is 55.1 cm³/mol. The largest absolute Gasteiger partial charge is 0.330 e. The molecule has 0 aliphatic carbocycles. The molecule has 0 aromatic carbocycles. The summed E-state index contributed by atoms with van der Waals surface area (Å²) in [6.07, 6.45) is 3.12. The van der Waals surface area contributed by atoms with Gasteiger partial charge in [-0.15, -0.1) is 6.58 Å². The minimum absolute atomic E-state index is 0.643. The molecule has 0 aliphatic rings. The number of likely N-dealkylation sites (N-methyl/N-ethyl adjacent to an activating group) is 1. The monoisotopic (exact) mass is 170 g/mol. The Hall–Kier alpha value is -0.340. The molecule has 2 nitrogen and oxygen atoms in total. The Morgan fingerprint density at radius 1 is 1.50 bits per heavy atom. The van der Waals surface area contributed by atoms with E-state index >= 15 is 0 Å². The van der Waals surface area contributed by atoms with Crippen LogP contribution in [-0.4, -0.2) is 31.1 Å². The molecular formula is C10H22N2. The van der Waals surface area contributed by atoms with Gasteiger partial charge in [0.15, 0.2) is 0 Å². The molecule has 0 rings (SSSR count). The van der Waals surface area contributed by atoms with E-state index in [1.807, 2.05) is 6.08 Å². The van der Waals surface area contributed by atoms with Gasteiger partial charge in [-0.3, -0.25) is 4.90 Å². The molecular weight excluding hydrogens is 148 g/mol. The van der Waals surface area contributed by atoms with E-state index in [4.69, 9.17) is 5.73 Å². The fourth-order valence-electron chi connectivity index (χ4n) is 1.25. The lowest BCUT2D eigenvalue weighted by Crippen LogP contribution is -2.32. The van der Waals surface area contributed by atoms with Crippen molar-refractivity contribution in [1.82, 2.24) is 4.90 Å². The minimum Gasteiger partial charge on any atom is -0.330 e. The van der Waals surface area contributed by atoms with E-state index in [1.165, 1.54) is 6.42 Å². The van der Waals surface area contributed by atoms with Crippen molar-refractivity contribution in [2.24, 2.45) is 11.7 Å². The predicted octanol–water partition coefficient (Wildman–Crippen LogP) is 1.48. The molecule has 0 amide bonds. The summed E-state index contributed by atoms with van der Waals surface area (Å²) in [6, 6.07) is 0. The van der Waals surface area contributed by atoms with Crippen molar-refractivity contribution in [2.45, 2.75) is 20.3 Å². The Morgan fingerprint density at radius 2 is 2.17 bits per heavy atom. The molecule has 2 heteroatoms. The van der Waals surface area contributed by atoms with Crippen LogP contribution in [0.15, 0.2) is 12.7 Å². The third-order valence-electron chi connectivity index (χ3n) is 2.26. The Kier molecular flexibility index (Phi) is 7.11. The van der Waals surface area contributed by atoms with Crippen LogP contribution < -0.4 is 5.73 Å². The van der Waals surface area contributed by atoms with Gasteiger partial charge in [-0.2, -0.15) is 0 Å². The van der Waals surface area contributed by atoms with Gasteiger partial charge in [0.25, 0.3) is 0 Å². The summed E-state index contributed by atoms with van der Waals surface area (Å²) in [6.45, 7) is 12.1. The first-order valence-electron chi connectivity index (χ1n) is 4.81. The zero-order valence-corrected chi connectivity index (χ0v) is 8.42. The molecule has 0 fully saturated rings. The van der Waals surface area contributed by atoms with Crippen molar-refractivity contribution >= 4 is 0 Å². The van der Waals surface area contributed by atoms with Crippen molar-refractivity contribution < 1.29 is 0 Å². The number of nitrogens with zero attached hydrogens (tertiary/aromatic N) is 1. The Bertz CT molecular complexity index is 108. The Morgan fingerprint density at radius 3 is 2.50 bits per heavy atom. The van der Waals surface area contributed by atoms with E-state index in [2.05, 4.69) is 25.3 Å². The number of rotatable bonds is 7. The minimum atomic E-state index is 0.643. The van der Waals surface area contributed by atoms with E-state index in [9.17, 15) is 0 Å². The average molecular weight is 170 g/mol. The van der Waals surface area contributed by atoms with Gasteiger partial charge >= 0.3 is 0 Å². The molecule has 0 bridgehead atoms. The highest BCUT2D eigenvalue weighted by atomic mass is 15.1. The normalized spacial score (nSPS) is 13.3. The Labute approximate surface area is 76.4 Å². The van der Waals surface area contributed by atoms with Crippen molar-refractivity contribution in [1.29, 1.82) is 0 Å². The zero-order chi connectivity index (χ0) is 9.40. The summed E-state index contributed by atoms with van der Waals surface area (Å²) in [5, 5.41) is 0. The smallest absolute Gasteiger partial charge is 0.0160 e. The second-order valence-corrected chi connectivity index (χ2v) is 3.15. The molecule has 0 saturated heterocycles. The summed E-state index contributed by atoms with van der Waals surface area (Å²) in [4.78, 5) is 2.37. The van der Waals surface area contributed by atoms with E-state index in [0.717, 1.165) is 26.2 Å². The fourth-order valence-corrected chi connectivity index (χ4v) is 1.25. The average Bonchev–Trinajstić information content (AvgIpc) is 2.12. The lowest BCUT2D eigenvalue weighted by Gasteiger charge is -2.23. The molecule has 0 aromatic rings. The van der Waals surface area contributed by atoms with Gasteiger partial charge in [0, 0.05) is 13.1 Å². The lowest BCUT2D eigenvalue weighted by molar-refractivity contribution is 0.262. The molecule has 2 N–H and O–H groups in total. The topological polar surface area (TPSA) is 29.3 Å². The van der Waals surface area contributed by atoms with Gasteiger partial charge in [-0.25, -0.2) is 0 Å². The van der Waals surface area contributed by atoms with Crippen LogP contribution in [0.5, 0.6) is 0 Å². The van der Waals surface area contributed by atoms with Crippen LogP contribution in [0.4, 0.5) is 0 Å². The van der Waals surface area contributed by atoms with Crippen LogP contribution in [0, 0.1) is 5.92 Å². The lowest BCUT2D eigenvalue weighted by atomic mass is 10.1. The molecule has 0 aliphatic heterocycles. The molecule has 0 saturated carbocycles.